The van der Waals surface area contributed by atoms with Gasteiger partial charge in [-0.2, -0.15) is 0 Å². The van der Waals surface area contributed by atoms with E-state index in [2.05, 4.69) is 22.7 Å². The molecule has 118 valence electrons. The summed E-state index contributed by atoms with van der Waals surface area (Å²) in [5.41, 5.74) is 2.03. The molecule has 21 heavy (non-hydrogen) atoms. The van der Waals surface area contributed by atoms with Crippen molar-refractivity contribution in [3.63, 3.8) is 0 Å². The summed E-state index contributed by atoms with van der Waals surface area (Å²) in [7, 11) is 0. The number of carbonyl (C=O) groups is 1. The summed E-state index contributed by atoms with van der Waals surface area (Å²) in [6.45, 7) is 8.87. The van der Waals surface area contributed by atoms with Gasteiger partial charge in [-0.05, 0) is 58.0 Å². The number of aryl methyl sites for hydroxylation is 2. The van der Waals surface area contributed by atoms with Gasteiger partial charge >= 0.3 is 0 Å². The van der Waals surface area contributed by atoms with E-state index in [1.807, 2.05) is 13.8 Å². The Hall–Kier alpha value is -1.36. The standard InChI is InChI=1S/C16H27N3O2/c1-11(14-4-7-17-8-5-14)10-16(20)18-9-6-15-12(2)19-21-13(15)3/h11,14,17H,4-10H2,1-3H3,(H,18,20). The number of piperidine rings is 1. The predicted octanol–water partition coefficient (Wildman–Crippen LogP) is 1.98. The van der Waals surface area contributed by atoms with Crippen molar-refractivity contribution < 1.29 is 9.32 Å². The SMILES string of the molecule is Cc1noc(C)c1CCNC(=O)CC(C)C1CCNCC1. The molecule has 2 rings (SSSR count). The lowest BCUT2D eigenvalue weighted by atomic mass is 9.84. The Balaban J connectivity index is 1.69. The van der Waals surface area contributed by atoms with E-state index in [1.165, 1.54) is 12.8 Å². The van der Waals surface area contributed by atoms with Crippen LogP contribution in [-0.2, 0) is 11.2 Å². The monoisotopic (exact) mass is 293 g/mol. The van der Waals surface area contributed by atoms with Gasteiger partial charge in [0.25, 0.3) is 0 Å². The van der Waals surface area contributed by atoms with E-state index in [1.54, 1.807) is 0 Å². The van der Waals surface area contributed by atoms with Gasteiger partial charge < -0.3 is 15.2 Å². The van der Waals surface area contributed by atoms with Gasteiger partial charge in [0, 0.05) is 18.5 Å². The van der Waals surface area contributed by atoms with Crippen molar-refractivity contribution in [2.75, 3.05) is 19.6 Å². The van der Waals surface area contributed by atoms with Crippen molar-refractivity contribution in [3.05, 3.63) is 17.0 Å². The first kappa shape index (κ1) is 16.0. The highest BCUT2D eigenvalue weighted by Crippen LogP contribution is 2.24. The van der Waals surface area contributed by atoms with E-state index in [0.717, 1.165) is 36.5 Å². The summed E-state index contributed by atoms with van der Waals surface area (Å²) in [6, 6.07) is 0. The van der Waals surface area contributed by atoms with Gasteiger partial charge in [-0.1, -0.05) is 12.1 Å². The Kier molecular flexibility index (Phi) is 5.79. The topological polar surface area (TPSA) is 67.2 Å². The highest BCUT2D eigenvalue weighted by atomic mass is 16.5. The summed E-state index contributed by atoms with van der Waals surface area (Å²) in [4.78, 5) is 12.0. The van der Waals surface area contributed by atoms with Crippen LogP contribution in [0.5, 0.6) is 0 Å². The van der Waals surface area contributed by atoms with Gasteiger partial charge in [-0.3, -0.25) is 4.79 Å². The molecule has 1 unspecified atom stereocenters. The summed E-state index contributed by atoms with van der Waals surface area (Å²) < 4.78 is 5.13. The number of nitrogens with zero attached hydrogens (tertiary/aromatic N) is 1. The minimum Gasteiger partial charge on any atom is -0.361 e. The molecule has 1 atom stereocenters. The molecule has 1 aliphatic heterocycles. The van der Waals surface area contributed by atoms with Gasteiger partial charge in [0.05, 0.1) is 5.69 Å². The third-order valence-corrected chi connectivity index (χ3v) is 4.57. The van der Waals surface area contributed by atoms with E-state index >= 15 is 0 Å². The molecule has 5 nitrogen and oxygen atoms in total. The van der Waals surface area contributed by atoms with Crippen LogP contribution in [0.15, 0.2) is 4.52 Å². The van der Waals surface area contributed by atoms with E-state index in [0.29, 0.717) is 24.8 Å². The van der Waals surface area contributed by atoms with Crippen LogP contribution < -0.4 is 10.6 Å². The number of nitrogens with one attached hydrogen (secondary N) is 2. The highest BCUT2D eigenvalue weighted by Gasteiger charge is 2.21. The molecule has 0 aromatic carbocycles. The second kappa shape index (κ2) is 7.59. The molecule has 0 bridgehead atoms. The second-order valence-electron chi connectivity index (χ2n) is 6.17. The zero-order valence-corrected chi connectivity index (χ0v) is 13.4. The summed E-state index contributed by atoms with van der Waals surface area (Å²) in [5, 5.41) is 10.3. The number of hydrogen-bond acceptors (Lipinski definition) is 4. The Labute approximate surface area is 126 Å². The Morgan fingerprint density at radius 2 is 2.14 bits per heavy atom. The molecular weight excluding hydrogens is 266 g/mol. The predicted molar refractivity (Wildman–Crippen MR) is 82.1 cm³/mol. The fraction of sp³-hybridized carbons (Fsp3) is 0.750. The fourth-order valence-electron chi connectivity index (χ4n) is 3.13. The van der Waals surface area contributed by atoms with E-state index in [9.17, 15) is 4.79 Å². The Bertz CT molecular complexity index is 445. The number of carbonyl (C=O) groups excluding carboxylic acids is 1. The lowest BCUT2D eigenvalue weighted by molar-refractivity contribution is -0.122. The van der Waals surface area contributed by atoms with E-state index in [4.69, 9.17) is 4.52 Å². The van der Waals surface area contributed by atoms with Crippen LogP contribution in [0.4, 0.5) is 0 Å². The number of rotatable bonds is 6. The first-order valence-corrected chi connectivity index (χ1v) is 7.97. The van der Waals surface area contributed by atoms with Gasteiger partial charge in [0.15, 0.2) is 0 Å². The van der Waals surface area contributed by atoms with Crippen LogP contribution in [0.1, 0.15) is 43.2 Å². The first-order chi connectivity index (χ1) is 10.1. The van der Waals surface area contributed by atoms with Crippen molar-refractivity contribution >= 4 is 5.91 Å². The van der Waals surface area contributed by atoms with Crippen LogP contribution in [-0.4, -0.2) is 30.7 Å². The highest BCUT2D eigenvalue weighted by molar-refractivity contribution is 5.76. The second-order valence-corrected chi connectivity index (χ2v) is 6.17. The number of hydrogen-bond donors (Lipinski definition) is 2. The number of amides is 1. The van der Waals surface area contributed by atoms with Gasteiger partial charge in [-0.25, -0.2) is 0 Å². The maximum atomic E-state index is 12.0. The molecule has 0 aliphatic carbocycles. The molecular formula is C16H27N3O2. The maximum absolute atomic E-state index is 12.0. The van der Waals surface area contributed by atoms with Gasteiger partial charge in [-0.15, -0.1) is 0 Å². The van der Waals surface area contributed by atoms with Crippen molar-refractivity contribution in [1.82, 2.24) is 15.8 Å². The van der Waals surface area contributed by atoms with Crippen molar-refractivity contribution in [3.8, 4) is 0 Å². The minimum atomic E-state index is 0.160. The lowest BCUT2D eigenvalue weighted by Gasteiger charge is -2.27. The summed E-state index contributed by atoms with van der Waals surface area (Å²) in [5.74, 6) is 2.16. The molecule has 5 heteroatoms. The van der Waals surface area contributed by atoms with E-state index in [-0.39, 0.29) is 5.91 Å². The van der Waals surface area contributed by atoms with Gasteiger partial charge in [0.2, 0.25) is 5.91 Å². The van der Waals surface area contributed by atoms with Crippen molar-refractivity contribution in [2.24, 2.45) is 11.8 Å². The molecule has 1 saturated heterocycles. The summed E-state index contributed by atoms with van der Waals surface area (Å²) >= 11 is 0. The molecule has 1 amide bonds. The summed E-state index contributed by atoms with van der Waals surface area (Å²) in [6.07, 6.45) is 3.79. The van der Waals surface area contributed by atoms with Crippen molar-refractivity contribution in [1.29, 1.82) is 0 Å². The zero-order chi connectivity index (χ0) is 15.2. The molecule has 1 aromatic heterocycles. The fourth-order valence-corrected chi connectivity index (χ4v) is 3.13. The number of aromatic nitrogens is 1. The van der Waals surface area contributed by atoms with Crippen molar-refractivity contribution in [2.45, 2.75) is 46.5 Å². The molecule has 2 N–H and O–H groups in total. The molecule has 2 heterocycles. The molecule has 0 radical (unpaired) electrons. The molecule has 1 fully saturated rings. The molecule has 0 spiro atoms. The molecule has 1 aliphatic rings. The maximum Gasteiger partial charge on any atom is 0.220 e. The van der Waals surface area contributed by atoms with Crippen LogP contribution in [0, 0.1) is 25.7 Å². The molecule has 1 aromatic rings. The normalized spacial score (nSPS) is 17.7. The third-order valence-electron chi connectivity index (χ3n) is 4.57. The van der Waals surface area contributed by atoms with Crippen LogP contribution >= 0.6 is 0 Å². The first-order valence-electron chi connectivity index (χ1n) is 7.97. The Morgan fingerprint density at radius 1 is 1.43 bits per heavy atom. The van der Waals surface area contributed by atoms with Gasteiger partial charge in [0.1, 0.15) is 5.76 Å². The largest absolute Gasteiger partial charge is 0.361 e. The van der Waals surface area contributed by atoms with Crippen LogP contribution in [0.25, 0.3) is 0 Å². The third kappa shape index (κ3) is 4.56. The van der Waals surface area contributed by atoms with Crippen LogP contribution in [0.3, 0.4) is 0 Å². The zero-order valence-electron chi connectivity index (χ0n) is 13.4. The smallest absolute Gasteiger partial charge is 0.220 e. The van der Waals surface area contributed by atoms with Crippen LogP contribution in [0.2, 0.25) is 0 Å². The average molecular weight is 293 g/mol. The van der Waals surface area contributed by atoms with E-state index < -0.39 is 0 Å². The Morgan fingerprint density at radius 3 is 2.76 bits per heavy atom. The quantitative estimate of drug-likeness (QED) is 0.841. The minimum absolute atomic E-state index is 0.160. The average Bonchev–Trinajstić information content (AvgIpc) is 2.80. The lowest BCUT2D eigenvalue weighted by Crippen LogP contribution is -2.34. The molecule has 0 saturated carbocycles.